The Morgan fingerprint density at radius 1 is 0.900 bits per heavy atom. The summed E-state index contributed by atoms with van der Waals surface area (Å²) in [6.45, 7) is 0. The minimum absolute atomic E-state index is 0.147. The SMILES string of the molecule is O=C(O)c1ccc(NC(=O)c2cc(Cl)cc(Cl)c2)cc1. The fraction of sp³-hybridized carbons (Fsp3) is 0. The summed E-state index contributed by atoms with van der Waals surface area (Å²) in [5.41, 5.74) is 0.953. The zero-order valence-corrected chi connectivity index (χ0v) is 11.6. The van der Waals surface area contributed by atoms with Crippen LogP contribution in [0, 0.1) is 0 Å². The average Bonchev–Trinajstić information content (AvgIpc) is 2.38. The molecule has 0 aliphatic rings. The summed E-state index contributed by atoms with van der Waals surface area (Å²) in [6, 6.07) is 10.3. The Morgan fingerprint density at radius 3 is 1.95 bits per heavy atom. The number of rotatable bonds is 3. The monoisotopic (exact) mass is 309 g/mol. The average molecular weight is 310 g/mol. The van der Waals surface area contributed by atoms with Crippen LogP contribution in [0.3, 0.4) is 0 Å². The number of halogens is 2. The summed E-state index contributed by atoms with van der Waals surface area (Å²) in [6.07, 6.45) is 0. The molecule has 6 heteroatoms. The lowest BCUT2D eigenvalue weighted by Gasteiger charge is -2.06. The molecule has 0 aromatic heterocycles. The summed E-state index contributed by atoms with van der Waals surface area (Å²) in [5.74, 6) is -1.40. The smallest absolute Gasteiger partial charge is 0.335 e. The van der Waals surface area contributed by atoms with Crippen LogP contribution in [-0.4, -0.2) is 17.0 Å². The lowest BCUT2D eigenvalue weighted by Crippen LogP contribution is -2.12. The third kappa shape index (κ3) is 3.50. The van der Waals surface area contributed by atoms with Gasteiger partial charge in [0.25, 0.3) is 5.91 Å². The largest absolute Gasteiger partial charge is 0.478 e. The molecule has 2 aromatic rings. The topological polar surface area (TPSA) is 66.4 Å². The van der Waals surface area contributed by atoms with E-state index in [1.807, 2.05) is 0 Å². The number of carbonyl (C=O) groups excluding carboxylic acids is 1. The van der Waals surface area contributed by atoms with E-state index in [1.54, 1.807) is 0 Å². The Bertz CT molecular complexity index is 648. The summed E-state index contributed by atoms with van der Waals surface area (Å²) in [4.78, 5) is 22.7. The van der Waals surface area contributed by atoms with Crippen LogP contribution < -0.4 is 5.32 Å². The van der Waals surface area contributed by atoms with Crippen molar-refractivity contribution in [2.75, 3.05) is 5.32 Å². The number of hydrogen-bond acceptors (Lipinski definition) is 2. The number of aromatic carboxylic acids is 1. The van der Waals surface area contributed by atoms with E-state index in [0.29, 0.717) is 21.3 Å². The van der Waals surface area contributed by atoms with Crippen molar-refractivity contribution in [1.29, 1.82) is 0 Å². The Kier molecular flexibility index (Phi) is 4.27. The van der Waals surface area contributed by atoms with Crippen LogP contribution in [0.25, 0.3) is 0 Å². The zero-order chi connectivity index (χ0) is 14.7. The van der Waals surface area contributed by atoms with Crippen molar-refractivity contribution in [3.63, 3.8) is 0 Å². The molecule has 0 radical (unpaired) electrons. The van der Waals surface area contributed by atoms with E-state index in [-0.39, 0.29) is 11.5 Å². The van der Waals surface area contributed by atoms with Crippen LogP contribution in [0.2, 0.25) is 10.0 Å². The van der Waals surface area contributed by atoms with Crippen LogP contribution in [0.1, 0.15) is 20.7 Å². The maximum absolute atomic E-state index is 12.0. The summed E-state index contributed by atoms with van der Waals surface area (Å²) < 4.78 is 0. The number of carboxylic acids is 1. The number of hydrogen-bond donors (Lipinski definition) is 2. The molecule has 0 spiro atoms. The number of carbonyl (C=O) groups is 2. The molecule has 102 valence electrons. The van der Waals surface area contributed by atoms with Crippen molar-refractivity contribution in [3.8, 4) is 0 Å². The third-order valence-electron chi connectivity index (χ3n) is 2.51. The van der Waals surface area contributed by atoms with Crippen LogP contribution in [-0.2, 0) is 0 Å². The number of anilines is 1. The van der Waals surface area contributed by atoms with Crippen LogP contribution in [0.15, 0.2) is 42.5 Å². The normalized spacial score (nSPS) is 10.1. The van der Waals surface area contributed by atoms with Crippen molar-refractivity contribution >= 4 is 40.8 Å². The Morgan fingerprint density at radius 2 is 1.45 bits per heavy atom. The molecule has 0 aliphatic heterocycles. The van der Waals surface area contributed by atoms with E-state index in [9.17, 15) is 9.59 Å². The Balaban J connectivity index is 2.16. The molecule has 0 bridgehead atoms. The summed E-state index contributed by atoms with van der Waals surface area (Å²) in [5, 5.41) is 12.1. The second-order valence-corrected chi connectivity index (χ2v) is 4.87. The van der Waals surface area contributed by atoms with Crippen LogP contribution in [0.4, 0.5) is 5.69 Å². The number of benzene rings is 2. The van der Waals surface area contributed by atoms with Gasteiger partial charge in [-0.25, -0.2) is 4.79 Å². The van der Waals surface area contributed by atoms with E-state index < -0.39 is 5.97 Å². The maximum Gasteiger partial charge on any atom is 0.335 e. The highest BCUT2D eigenvalue weighted by Crippen LogP contribution is 2.20. The molecule has 0 fully saturated rings. The molecule has 0 atom stereocenters. The minimum atomic E-state index is -1.02. The molecule has 4 nitrogen and oxygen atoms in total. The van der Waals surface area contributed by atoms with Gasteiger partial charge >= 0.3 is 5.97 Å². The van der Waals surface area contributed by atoms with E-state index in [0.717, 1.165) is 0 Å². The Labute approximate surface area is 124 Å². The molecule has 2 aromatic carbocycles. The van der Waals surface area contributed by atoms with Crippen molar-refractivity contribution in [3.05, 3.63) is 63.6 Å². The van der Waals surface area contributed by atoms with Gasteiger partial charge in [0, 0.05) is 21.3 Å². The molecular formula is C14H9Cl2NO3. The number of carboxylic acid groups (broad SMARTS) is 1. The highest BCUT2D eigenvalue weighted by molar-refractivity contribution is 6.35. The summed E-state index contributed by atoms with van der Waals surface area (Å²) >= 11 is 11.6. The van der Waals surface area contributed by atoms with E-state index in [1.165, 1.54) is 42.5 Å². The first kappa shape index (κ1) is 14.4. The quantitative estimate of drug-likeness (QED) is 0.902. The lowest BCUT2D eigenvalue weighted by molar-refractivity contribution is 0.0696. The van der Waals surface area contributed by atoms with Gasteiger partial charge in [-0.3, -0.25) is 4.79 Å². The third-order valence-corrected chi connectivity index (χ3v) is 2.95. The van der Waals surface area contributed by atoms with Crippen molar-refractivity contribution in [2.24, 2.45) is 0 Å². The van der Waals surface area contributed by atoms with Gasteiger partial charge < -0.3 is 10.4 Å². The first-order valence-electron chi connectivity index (χ1n) is 5.56. The van der Waals surface area contributed by atoms with E-state index in [2.05, 4.69) is 5.32 Å². The number of nitrogens with one attached hydrogen (secondary N) is 1. The molecule has 20 heavy (non-hydrogen) atoms. The van der Waals surface area contributed by atoms with Crippen LogP contribution in [0.5, 0.6) is 0 Å². The fourth-order valence-corrected chi connectivity index (χ4v) is 2.11. The van der Waals surface area contributed by atoms with Gasteiger partial charge in [0.1, 0.15) is 0 Å². The second kappa shape index (κ2) is 5.94. The molecule has 2 rings (SSSR count). The van der Waals surface area contributed by atoms with Crippen molar-refractivity contribution < 1.29 is 14.7 Å². The molecular weight excluding hydrogens is 301 g/mol. The standard InChI is InChI=1S/C14H9Cl2NO3/c15-10-5-9(6-11(16)7-10)13(18)17-12-3-1-8(2-4-12)14(19)20/h1-7H,(H,17,18)(H,19,20). The first-order valence-corrected chi connectivity index (χ1v) is 6.32. The predicted octanol–water partition coefficient (Wildman–Crippen LogP) is 3.94. The molecule has 2 N–H and O–H groups in total. The van der Waals surface area contributed by atoms with Gasteiger partial charge in [-0.2, -0.15) is 0 Å². The van der Waals surface area contributed by atoms with Crippen molar-refractivity contribution in [1.82, 2.24) is 0 Å². The molecule has 0 unspecified atom stereocenters. The maximum atomic E-state index is 12.0. The molecule has 1 amide bonds. The van der Waals surface area contributed by atoms with Gasteiger partial charge in [-0.1, -0.05) is 23.2 Å². The minimum Gasteiger partial charge on any atom is -0.478 e. The molecule has 0 heterocycles. The Hall–Kier alpha value is -2.04. The lowest BCUT2D eigenvalue weighted by atomic mass is 10.2. The molecule has 0 saturated carbocycles. The fourth-order valence-electron chi connectivity index (χ4n) is 1.58. The first-order chi connectivity index (χ1) is 9.45. The predicted molar refractivity (Wildman–Crippen MR) is 77.8 cm³/mol. The zero-order valence-electron chi connectivity index (χ0n) is 10.1. The van der Waals surface area contributed by atoms with Crippen molar-refractivity contribution in [2.45, 2.75) is 0 Å². The summed E-state index contributed by atoms with van der Waals surface area (Å²) in [7, 11) is 0. The van der Waals surface area contributed by atoms with Gasteiger partial charge in [0.05, 0.1) is 5.56 Å². The van der Waals surface area contributed by atoms with Gasteiger partial charge in [0.15, 0.2) is 0 Å². The highest BCUT2D eigenvalue weighted by Gasteiger charge is 2.09. The molecule has 0 saturated heterocycles. The second-order valence-electron chi connectivity index (χ2n) is 3.99. The van der Waals surface area contributed by atoms with E-state index >= 15 is 0 Å². The van der Waals surface area contributed by atoms with E-state index in [4.69, 9.17) is 28.3 Å². The number of amides is 1. The highest BCUT2D eigenvalue weighted by atomic mass is 35.5. The van der Waals surface area contributed by atoms with Crippen LogP contribution >= 0.6 is 23.2 Å². The van der Waals surface area contributed by atoms with Gasteiger partial charge in [0.2, 0.25) is 0 Å². The van der Waals surface area contributed by atoms with Gasteiger partial charge in [-0.15, -0.1) is 0 Å². The van der Waals surface area contributed by atoms with Gasteiger partial charge in [-0.05, 0) is 42.5 Å². The molecule has 0 aliphatic carbocycles.